The zero-order valence-electron chi connectivity index (χ0n) is 7.49. The van der Waals surface area contributed by atoms with Gasteiger partial charge in [-0.15, -0.1) is 23.5 Å². The molecule has 1 aromatic carbocycles. The van der Waals surface area contributed by atoms with Gasteiger partial charge in [0.1, 0.15) is 5.75 Å². The molecule has 0 aromatic heterocycles. The predicted octanol–water partition coefficient (Wildman–Crippen LogP) is 3.18. The second-order valence-electron chi connectivity index (χ2n) is 3.08. The first-order valence-electron chi connectivity index (χ1n) is 4.31. The van der Waals surface area contributed by atoms with Crippen molar-refractivity contribution >= 4 is 23.5 Å². The monoisotopic (exact) mass is 212 g/mol. The quantitative estimate of drug-likeness (QED) is 0.772. The molecule has 13 heavy (non-hydrogen) atoms. The highest BCUT2D eigenvalue weighted by molar-refractivity contribution is 8.19. The highest BCUT2D eigenvalue weighted by Gasteiger charge is 2.22. The molecule has 0 radical (unpaired) electrons. The Morgan fingerprint density at radius 3 is 2.62 bits per heavy atom. The number of thioether (sulfide) groups is 2. The van der Waals surface area contributed by atoms with E-state index in [1.165, 1.54) is 17.1 Å². The molecular formula is C10H12OS2. The van der Waals surface area contributed by atoms with Crippen molar-refractivity contribution in [3.8, 4) is 5.75 Å². The van der Waals surface area contributed by atoms with Crippen LogP contribution in [0.4, 0.5) is 0 Å². The van der Waals surface area contributed by atoms with Crippen LogP contribution >= 0.6 is 23.5 Å². The summed E-state index contributed by atoms with van der Waals surface area (Å²) in [6.07, 6.45) is 0. The standard InChI is InChI=1S/C10H12OS2/c1-7-3-2-4-8(11)9(7)10-12-5-6-13-10/h2-4,10-11H,5-6H2,1H3. The van der Waals surface area contributed by atoms with Gasteiger partial charge in [0.25, 0.3) is 0 Å². The molecule has 70 valence electrons. The first-order valence-corrected chi connectivity index (χ1v) is 6.40. The van der Waals surface area contributed by atoms with Crippen molar-refractivity contribution in [1.29, 1.82) is 0 Å². The highest BCUT2D eigenvalue weighted by atomic mass is 32.2. The van der Waals surface area contributed by atoms with Crippen molar-refractivity contribution in [2.24, 2.45) is 0 Å². The van der Waals surface area contributed by atoms with Gasteiger partial charge in [0.05, 0.1) is 4.58 Å². The molecule has 0 amide bonds. The van der Waals surface area contributed by atoms with Gasteiger partial charge in [-0.25, -0.2) is 0 Å². The van der Waals surface area contributed by atoms with E-state index in [2.05, 4.69) is 13.0 Å². The maximum absolute atomic E-state index is 9.73. The topological polar surface area (TPSA) is 20.2 Å². The van der Waals surface area contributed by atoms with Gasteiger partial charge in [0.2, 0.25) is 0 Å². The van der Waals surface area contributed by atoms with E-state index in [1.54, 1.807) is 6.07 Å². The summed E-state index contributed by atoms with van der Waals surface area (Å²) in [5, 5.41) is 9.73. The number of phenolic OH excluding ortho intramolecular Hbond substituents is 1. The molecule has 0 spiro atoms. The van der Waals surface area contributed by atoms with Gasteiger partial charge < -0.3 is 5.11 Å². The largest absolute Gasteiger partial charge is 0.508 e. The third-order valence-electron chi connectivity index (χ3n) is 2.16. The third kappa shape index (κ3) is 1.81. The zero-order valence-corrected chi connectivity index (χ0v) is 9.12. The minimum Gasteiger partial charge on any atom is -0.508 e. The molecule has 0 saturated carbocycles. The first kappa shape index (κ1) is 9.28. The van der Waals surface area contributed by atoms with Crippen molar-refractivity contribution in [2.45, 2.75) is 11.5 Å². The average Bonchev–Trinajstić information content (AvgIpc) is 2.57. The van der Waals surface area contributed by atoms with E-state index >= 15 is 0 Å². The van der Waals surface area contributed by atoms with Crippen molar-refractivity contribution < 1.29 is 5.11 Å². The van der Waals surface area contributed by atoms with E-state index in [1.807, 2.05) is 29.6 Å². The van der Waals surface area contributed by atoms with Gasteiger partial charge in [-0.2, -0.15) is 0 Å². The summed E-state index contributed by atoms with van der Waals surface area (Å²) in [5.74, 6) is 2.85. The molecule has 1 fully saturated rings. The minimum absolute atomic E-state index is 0.446. The van der Waals surface area contributed by atoms with E-state index in [0.29, 0.717) is 10.3 Å². The molecule has 1 nitrogen and oxygen atoms in total. The van der Waals surface area contributed by atoms with E-state index in [0.717, 1.165) is 5.56 Å². The van der Waals surface area contributed by atoms with Crippen LogP contribution in [0.5, 0.6) is 5.75 Å². The van der Waals surface area contributed by atoms with E-state index in [9.17, 15) is 5.11 Å². The van der Waals surface area contributed by atoms with Crippen LogP contribution in [0, 0.1) is 6.92 Å². The van der Waals surface area contributed by atoms with Crippen molar-refractivity contribution in [3.05, 3.63) is 29.3 Å². The third-order valence-corrected chi connectivity index (χ3v) is 5.19. The maximum atomic E-state index is 9.73. The number of hydrogen-bond acceptors (Lipinski definition) is 3. The normalized spacial score (nSPS) is 17.9. The molecule has 0 aliphatic carbocycles. The molecule has 1 N–H and O–H groups in total. The molecular weight excluding hydrogens is 200 g/mol. The van der Waals surface area contributed by atoms with Crippen molar-refractivity contribution in [3.63, 3.8) is 0 Å². The Morgan fingerprint density at radius 2 is 2.00 bits per heavy atom. The summed E-state index contributed by atoms with van der Waals surface area (Å²) >= 11 is 3.85. The summed E-state index contributed by atoms with van der Waals surface area (Å²) in [5.41, 5.74) is 2.32. The molecule has 0 bridgehead atoms. The second-order valence-corrected chi connectivity index (χ2v) is 5.81. The van der Waals surface area contributed by atoms with Gasteiger partial charge in [-0.1, -0.05) is 12.1 Å². The molecule has 0 unspecified atom stereocenters. The highest BCUT2D eigenvalue weighted by Crippen LogP contribution is 2.48. The Kier molecular flexibility index (Phi) is 2.74. The van der Waals surface area contributed by atoms with Crippen molar-refractivity contribution in [2.75, 3.05) is 11.5 Å². The smallest absolute Gasteiger partial charge is 0.121 e. The predicted molar refractivity (Wildman–Crippen MR) is 60.5 cm³/mol. The van der Waals surface area contributed by atoms with E-state index < -0.39 is 0 Å². The van der Waals surface area contributed by atoms with E-state index in [4.69, 9.17) is 0 Å². The lowest BCUT2D eigenvalue weighted by molar-refractivity contribution is 0.470. The lowest BCUT2D eigenvalue weighted by Gasteiger charge is -2.13. The number of phenols is 1. The van der Waals surface area contributed by atoms with Crippen molar-refractivity contribution in [1.82, 2.24) is 0 Å². The number of aromatic hydroxyl groups is 1. The van der Waals surface area contributed by atoms with Gasteiger partial charge in [0, 0.05) is 17.1 Å². The SMILES string of the molecule is Cc1cccc(O)c1C1SCCS1. The molecule has 2 rings (SSSR count). The van der Waals surface area contributed by atoms with Gasteiger partial charge in [0.15, 0.2) is 0 Å². The Labute approximate surface area is 86.9 Å². The van der Waals surface area contributed by atoms with Crippen LogP contribution in [0.3, 0.4) is 0 Å². The molecule has 1 heterocycles. The summed E-state index contributed by atoms with van der Waals surface area (Å²) in [4.78, 5) is 0. The lowest BCUT2D eigenvalue weighted by Crippen LogP contribution is -1.90. The van der Waals surface area contributed by atoms with Gasteiger partial charge in [-0.3, -0.25) is 0 Å². The fourth-order valence-electron chi connectivity index (χ4n) is 1.50. The summed E-state index contributed by atoms with van der Waals surface area (Å²) < 4.78 is 0.446. The fourth-order valence-corrected chi connectivity index (χ4v) is 4.60. The number of rotatable bonds is 1. The minimum atomic E-state index is 0.446. The first-order chi connectivity index (χ1) is 6.29. The molecule has 1 aliphatic rings. The molecule has 3 heteroatoms. The molecule has 1 saturated heterocycles. The molecule has 1 aliphatic heterocycles. The Balaban J connectivity index is 2.37. The number of benzene rings is 1. The summed E-state index contributed by atoms with van der Waals surface area (Å²) in [6.45, 7) is 2.06. The number of aryl methyl sites for hydroxylation is 1. The Bertz CT molecular complexity index is 286. The van der Waals surface area contributed by atoms with Crippen LogP contribution in [-0.4, -0.2) is 16.6 Å². The van der Waals surface area contributed by atoms with Crippen LogP contribution in [-0.2, 0) is 0 Å². The van der Waals surface area contributed by atoms with Crippen LogP contribution in [0.1, 0.15) is 15.7 Å². The molecule has 0 atom stereocenters. The lowest BCUT2D eigenvalue weighted by atomic mass is 10.1. The van der Waals surface area contributed by atoms with Crippen LogP contribution in [0.25, 0.3) is 0 Å². The molecule has 1 aromatic rings. The summed E-state index contributed by atoms with van der Waals surface area (Å²) in [7, 11) is 0. The second kappa shape index (κ2) is 3.84. The van der Waals surface area contributed by atoms with Crippen LogP contribution in [0.15, 0.2) is 18.2 Å². The fraction of sp³-hybridized carbons (Fsp3) is 0.400. The summed E-state index contributed by atoms with van der Waals surface area (Å²) in [6, 6.07) is 5.74. The Hall–Kier alpha value is -0.280. The zero-order chi connectivity index (χ0) is 9.26. The Morgan fingerprint density at radius 1 is 1.31 bits per heavy atom. The number of hydrogen-bond donors (Lipinski definition) is 1. The van der Waals surface area contributed by atoms with Crippen LogP contribution < -0.4 is 0 Å². The van der Waals surface area contributed by atoms with E-state index in [-0.39, 0.29) is 0 Å². The van der Waals surface area contributed by atoms with Gasteiger partial charge >= 0.3 is 0 Å². The van der Waals surface area contributed by atoms with Gasteiger partial charge in [-0.05, 0) is 18.6 Å². The average molecular weight is 212 g/mol. The maximum Gasteiger partial charge on any atom is 0.121 e. The van der Waals surface area contributed by atoms with Crippen LogP contribution in [0.2, 0.25) is 0 Å².